The fourth-order valence-corrected chi connectivity index (χ4v) is 3.90. The second-order valence-electron chi connectivity index (χ2n) is 8.88. The van der Waals surface area contributed by atoms with Crippen molar-refractivity contribution in [2.75, 3.05) is 4.90 Å². The zero-order valence-corrected chi connectivity index (χ0v) is 18.2. The number of pyridine rings is 1. The van der Waals surface area contributed by atoms with E-state index in [1.807, 2.05) is 43.5 Å². The molecule has 0 fully saturated rings. The Morgan fingerprint density at radius 1 is 1.10 bits per heavy atom. The third-order valence-corrected chi connectivity index (χ3v) is 5.38. The lowest BCUT2D eigenvalue weighted by Crippen LogP contribution is -2.50. The molecular weight excluding hydrogens is 394 g/mol. The highest BCUT2D eigenvalue weighted by atomic mass is 16.5. The Morgan fingerprint density at radius 3 is 2.39 bits per heavy atom. The number of aromatic nitrogens is 2. The van der Waals surface area contributed by atoms with Crippen LogP contribution < -0.4 is 4.90 Å². The molecule has 2 aromatic heterocycles. The number of esters is 1. The van der Waals surface area contributed by atoms with E-state index >= 15 is 0 Å². The summed E-state index contributed by atoms with van der Waals surface area (Å²) in [5, 5.41) is 0. The summed E-state index contributed by atoms with van der Waals surface area (Å²) in [6, 6.07) is 10.0. The predicted octanol–water partition coefficient (Wildman–Crippen LogP) is 3.89. The summed E-state index contributed by atoms with van der Waals surface area (Å²) in [6.07, 6.45) is 2.40. The molecule has 1 aliphatic heterocycles. The molecule has 3 heterocycles. The van der Waals surface area contributed by atoms with Gasteiger partial charge in [0.25, 0.3) is 0 Å². The number of ketones is 1. The van der Waals surface area contributed by atoms with Crippen molar-refractivity contribution in [3.05, 3.63) is 65.6 Å². The summed E-state index contributed by atoms with van der Waals surface area (Å²) in [4.78, 5) is 45.5. The van der Waals surface area contributed by atoms with Gasteiger partial charge in [0.15, 0.2) is 11.8 Å². The van der Waals surface area contributed by atoms with Gasteiger partial charge in [-0.15, -0.1) is 0 Å². The van der Waals surface area contributed by atoms with E-state index in [1.54, 1.807) is 37.4 Å². The number of fused-ring (bicyclic) bond motifs is 3. The van der Waals surface area contributed by atoms with Crippen LogP contribution in [0.15, 0.2) is 48.8 Å². The Morgan fingerprint density at radius 2 is 1.77 bits per heavy atom. The van der Waals surface area contributed by atoms with Crippen molar-refractivity contribution in [1.82, 2.24) is 9.38 Å². The monoisotopic (exact) mass is 419 g/mol. The fourth-order valence-electron chi connectivity index (χ4n) is 3.90. The van der Waals surface area contributed by atoms with Gasteiger partial charge in [0.1, 0.15) is 6.04 Å². The quantitative estimate of drug-likeness (QED) is 0.589. The summed E-state index contributed by atoms with van der Waals surface area (Å²) < 4.78 is 7.57. The molecule has 0 saturated heterocycles. The summed E-state index contributed by atoms with van der Waals surface area (Å²) in [5.41, 5.74) is 1.93. The molecule has 1 aliphatic rings. The Hall–Kier alpha value is -3.48. The molecule has 0 saturated carbocycles. The second-order valence-corrected chi connectivity index (χ2v) is 8.88. The van der Waals surface area contributed by atoms with Crippen LogP contribution in [0.3, 0.4) is 0 Å². The number of ether oxygens (including phenoxy) is 1. The molecule has 4 rings (SSSR count). The van der Waals surface area contributed by atoms with Gasteiger partial charge < -0.3 is 9.14 Å². The Kier molecular flexibility index (Phi) is 4.92. The smallest absolute Gasteiger partial charge is 0.312 e. The number of Topliss-reactive ketones (excluding diaryl/α,β-unsaturated/α-hetero) is 1. The van der Waals surface area contributed by atoms with Crippen LogP contribution in [0.4, 0.5) is 5.69 Å². The molecule has 3 aromatic rings. The molecule has 1 aromatic carbocycles. The van der Waals surface area contributed by atoms with Crippen molar-refractivity contribution in [3.63, 3.8) is 0 Å². The minimum absolute atomic E-state index is 0.270. The number of benzene rings is 1. The molecule has 0 radical (unpaired) electrons. The van der Waals surface area contributed by atoms with E-state index in [4.69, 9.17) is 4.74 Å². The van der Waals surface area contributed by atoms with Gasteiger partial charge in [-0.1, -0.05) is 30.3 Å². The van der Waals surface area contributed by atoms with Gasteiger partial charge in [-0.3, -0.25) is 19.3 Å². The molecule has 31 heavy (non-hydrogen) atoms. The third-order valence-electron chi connectivity index (χ3n) is 5.38. The number of carbonyl (C=O) groups excluding carboxylic acids is 3. The van der Waals surface area contributed by atoms with Gasteiger partial charge in [-0.2, -0.15) is 0 Å². The molecule has 2 atom stereocenters. The van der Waals surface area contributed by atoms with Crippen LogP contribution in [-0.2, 0) is 14.3 Å². The molecule has 7 heteroatoms. The number of aryl methyl sites for hydroxylation is 1. The number of hydrogen-bond acceptors (Lipinski definition) is 5. The summed E-state index contributed by atoms with van der Waals surface area (Å²) in [6.45, 7) is 8.48. The highest BCUT2D eigenvalue weighted by Crippen LogP contribution is 2.42. The van der Waals surface area contributed by atoms with Crippen LogP contribution in [0, 0.1) is 12.3 Å². The van der Waals surface area contributed by atoms with E-state index in [0.717, 1.165) is 5.69 Å². The molecule has 7 nitrogen and oxygen atoms in total. The first-order chi connectivity index (χ1) is 14.6. The number of nitrogens with zero attached hydrogens (tertiary/aromatic N) is 3. The zero-order chi connectivity index (χ0) is 22.5. The number of hydrogen-bond donors (Lipinski definition) is 0. The normalized spacial score (nSPS) is 18.7. The third kappa shape index (κ3) is 3.50. The lowest BCUT2D eigenvalue weighted by molar-refractivity contribution is -0.157. The maximum Gasteiger partial charge on any atom is 0.312 e. The highest BCUT2D eigenvalue weighted by molar-refractivity contribution is 6.14. The molecular formula is C24H25N3O4. The molecule has 0 aliphatic carbocycles. The van der Waals surface area contributed by atoms with Gasteiger partial charge in [0, 0.05) is 19.3 Å². The molecule has 1 amide bonds. The van der Waals surface area contributed by atoms with Crippen molar-refractivity contribution in [2.24, 2.45) is 5.41 Å². The van der Waals surface area contributed by atoms with Gasteiger partial charge >= 0.3 is 5.97 Å². The van der Waals surface area contributed by atoms with Crippen LogP contribution in [0.1, 0.15) is 55.4 Å². The molecule has 160 valence electrons. The first-order valence-corrected chi connectivity index (χ1v) is 10.2. The summed E-state index contributed by atoms with van der Waals surface area (Å²) in [5.74, 6) is -1.12. The largest absolute Gasteiger partial charge is 0.451 e. The lowest BCUT2D eigenvalue weighted by atomic mass is 9.87. The maximum atomic E-state index is 13.6. The van der Waals surface area contributed by atoms with E-state index in [0.29, 0.717) is 22.5 Å². The number of amides is 1. The van der Waals surface area contributed by atoms with Crippen LogP contribution in [0.25, 0.3) is 5.65 Å². The standard InChI is InChI=1S/C24H25N3O4/c1-14-13-26-12-11-17-19(22(26)25-14)27(15(2)28)18(16-9-7-6-8-10-16)21(20(17)29)31-23(30)24(3,4)5/h6-13,18,21H,1-5H3. The SMILES string of the molecule is CC(=O)N1c2c(ccn3cc(C)nc23)C(=O)C(OC(=O)C(C)(C)C)C1c1ccccc1. The van der Waals surface area contributed by atoms with Gasteiger partial charge in [-0.25, -0.2) is 4.98 Å². The van der Waals surface area contributed by atoms with Crippen LogP contribution in [-0.4, -0.2) is 33.1 Å². The van der Waals surface area contributed by atoms with Crippen molar-refractivity contribution in [1.29, 1.82) is 0 Å². The van der Waals surface area contributed by atoms with E-state index in [2.05, 4.69) is 4.98 Å². The molecule has 0 spiro atoms. The minimum Gasteiger partial charge on any atom is -0.451 e. The lowest BCUT2D eigenvalue weighted by Gasteiger charge is -2.41. The average Bonchev–Trinajstić information content (AvgIpc) is 3.09. The summed E-state index contributed by atoms with van der Waals surface area (Å²) in [7, 11) is 0. The average molecular weight is 419 g/mol. The van der Waals surface area contributed by atoms with Crippen molar-refractivity contribution in [3.8, 4) is 0 Å². The first kappa shape index (κ1) is 20.8. The topological polar surface area (TPSA) is 81.0 Å². The van der Waals surface area contributed by atoms with Crippen molar-refractivity contribution < 1.29 is 19.1 Å². The van der Waals surface area contributed by atoms with E-state index in [9.17, 15) is 14.4 Å². The van der Waals surface area contributed by atoms with Crippen molar-refractivity contribution >= 4 is 29.0 Å². The van der Waals surface area contributed by atoms with Gasteiger partial charge in [0.05, 0.1) is 22.4 Å². The van der Waals surface area contributed by atoms with Gasteiger partial charge in [0.2, 0.25) is 11.7 Å². The number of anilines is 1. The van der Waals surface area contributed by atoms with E-state index < -0.39 is 23.5 Å². The minimum atomic E-state index is -1.16. The number of carbonyl (C=O) groups is 3. The zero-order valence-electron chi connectivity index (χ0n) is 18.2. The molecule has 2 unspecified atom stereocenters. The Labute approximate surface area is 180 Å². The summed E-state index contributed by atoms with van der Waals surface area (Å²) >= 11 is 0. The van der Waals surface area contributed by atoms with Crippen LogP contribution >= 0.6 is 0 Å². The molecule has 0 N–H and O–H groups in total. The first-order valence-electron chi connectivity index (χ1n) is 10.2. The van der Waals surface area contributed by atoms with Crippen LogP contribution in [0.2, 0.25) is 0 Å². The number of rotatable bonds is 2. The fraction of sp³-hybridized carbons (Fsp3) is 0.333. The molecule has 0 bridgehead atoms. The Balaban J connectivity index is 1.98. The van der Waals surface area contributed by atoms with Crippen molar-refractivity contribution in [2.45, 2.75) is 46.8 Å². The Bertz CT molecular complexity index is 1190. The van der Waals surface area contributed by atoms with Crippen LogP contribution in [0.5, 0.6) is 0 Å². The number of imidazole rings is 1. The van der Waals surface area contributed by atoms with E-state index in [1.165, 1.54) is 11.8 Å². The maximum absolute atomic E-state index is 13.6. The predicted molar refractivity (Wildman–Crippen MR) is 116 cm³/mol. The second kappa shape index (κ2) is 7.34. The van der Waals surface area contributed by atoms with E-state index in [-0.39, 0.29) is 11.7 Å². The van der Waals surface area contributed by atoms with Gasteiger partial charge in [-0.05, 0) is 39.3 Å². The highest BCUT2D eigenvalue weighted by Gasteiger charge is 2.47.